The van der Waals surface area contributed by atoms with Crippen LogP contribution in [0.2, 0.25) is 5.02 Å². The van der Waals surface area contributed by atoms with E-state index in [2.05, 4.69) is 0 Å². The Morgan fingerprint density at radius 2 is 1.68 bits per heavy atom. The molecule has 1 aliphatic heterocycles. The van der Waals surface area contributed by atoms with Crippen molar-refractivity contribution in [3.05, 3.63) is 89.4 Å². The Hall–Kier alpha value is -3.03. The number of ether oxygens (including phenoxy) is 1. The zero-order valence-corrected chi connectivity index (χ0v) is 18.4. The summed E-state index contributed by atoms with van der Waals surface area (Å²) >= 11 is 5.93. The highest BCUT2D eigenvalue weighted by Gasteiger charge is 2.38. The lowest BCUT2D eigenvalue weighted by molar-refractivity contribution is -0.137. The minimum atomic E-state index is -3.86. The molecule has 0 saturated heterocycles. The van der Waals surface area contributed by atoms with Gasteiger partial charge in [0.05, 0.1) is 17.1 Å². The molecule has 3 aromatic carbocycles. The number of nitrogens with zero attached hydrogens (tertiary/aromatic N) is 2. The highest BCUT2D eigenvalue weighted by Crippen LogP contribution is 2.37. The molecule has 160 valence electrons. The van der Waals surface area contributed by atoms with E-state index < -0.39 is 16.1 Å². The van der Waals surface area contributed by atoms with E-state index in [0.717, 1.165) is 5.56 Å². The Balaban J connectivity index is 1.62. The minimum absolute atomic E-state index is 0.113. The highest BCUT2D eigenvalue weighted by molar-refractivity contribution is 7.92. The van der Waals surface area contributed by atoms with Gasteiger partial charge in [0.15, 0.2) is 6.10 Å². The van der Waals surface area contributed by atoms with Gasteiger partial charge in [-0.1, -0.05) is 54.1 Å². The number of fused-ring (bicyclic) bond motifs is 1. The van der Waals surface area contributed by atoms with Gasteiger partial charge < -0.3 is 9.64 Å². The predicted molar refractivity (Wildman–Crippen MR) is 120 cm³/mol. The van der Waals surface area contributed by atoms with Crippen LogP contribution in [0.1, 0.15) is 5.56 Å². The molecule has 1 heterocycles. The highest BCUT2D eigenvalue weighted by atomic mass is 35.5. The Kier molecular flexibility index (Phi) is 5.89. The van der Waals surface area contributed by atoms with Crippen LogP contribution in [0.15, 0.2) is 83.8 Å². The molecule has 0 N–H and O–H groups in total. The van der Waals surface area contributed by atoms with Gasteiger partial charge in [-0.3, -0.25) is 9.10 Å². The summed E-state index contributed by atoms with van der Waals surface area (Å²) in [5.74, 6) is 0.0456. The molecule has 4 rings (SSSR count). The predicted octanol–water partition coefficient (Wildman–Crippen LogP) is 3.95. The van der Waals surface area contributed by atoms with Crippen LogP contribution in [0.25, 0.3) is 0 Å². The molecule has 1 atom stereocenters. The molecule has 0 aliphatic carbocycles. The van der Waals surface area contributed by atoms with Crippen LogP contribution in [0.3, 0.4) is 0 Å². The topological polar surface area (TPSA) is 66.9 Å². The summed E-state index contributed by atoms with van der Waals surface area (Å²) < 4.78 is 33.9. The van der Waals surface area contributed by atoms with Crippen LogP contribution in [0.5, 0.6) is 5.75 Å². The van der Waals surface area contributed by atoms with Crippen LogP contribution < -0.4 is 9.04 Å². The lowest BCUT2D eigenvalue weighted by Gasteiger charge is -2.36. The van der Waals surface area contributed by atoms with Gasteiger partial charge in [-0.25, -0.2) is 8.42 Å². The van der Waals surface area contributed by atoms with Gasteiger partial charge in [0.25, 0.3) is 15.9 Å². The first-order valence-electron chi connectivity index (χ1n) is 9.69. The van der Waals surface area contributed by atoms with Gasteiger partial charge >= 0.3 is 0 Å². The molecule has 1 unspecified atom stereocenters. The van der Waals surface area contributed by atoms with Crippen LogP contribution in [-0.4, -0.2) is 38.9 Å². The second kappa shape index (κ2) is 8.61. The fraction of sp³-hybridized carbons (Fsp3) is 0.174. The first-order valence-corrected chi connectivity index (χ1v) is 11.5. The number of carbonyl (C=O) groups is 1. The number of likely N-dealkylation sites (N-methyl/N-ethyl adjacent to an activating group) is 1. The molecule has 3 aromatic rings. The quantitative estimate of drug-likeness (QED) is 0.583. The van der Waals surface area contributed by atoms with Crippen molar-refractivity contribution in [3.8, 4) is 5.75 Å². The molecular weight excluding hydrogens is 436 g/mol. The summed E-state index contributed by atoms with van der Waals surface area (Å²) in [6, 6.07) is 22.2. The number of rotatable bonds is 5. The molecule has 8 heteroatoms. The SMILES string of the molecule is CN(Cc1ccc(Cl)cc1)C(=O)C1CN(S(=O)(=O)c2ccccc2)c2ccccc2O1. The van der Waals surface area contributed by atoms with Crippen molar-refractivity contribution in [3.63, 3.8) is 0 Å². The van der Waals surface area contributed by atoms with E-state index in [0.29, 0.717) is 23.0 Å². The number of carbonyl (C=O) groups excluding carboxylic acids is 1. The molecule has 0 fully saturated rings. The zero-order chi connectivity index (χ0) is 22.0. The van der Waals surface area contributed by atoms with Gasteiger partial charge in [0.2, 0.25) is 0 Å². The number of amides is 1. The van der Waals surface area contributed by atoms with E-state index in [1.165, 1.54) is 21.3 Å². The molecule has 1 aliphatic rings. The molecule has 0 bridgehead atoms. The van der Waals surface area contributed by atoms with Crippen molar-refractivity contribution >= 4 is 33.2 Å². The monoisotopic (exact) mass is 456 g/mol. The largest absolute Gasteiger partial charge is 0.476 e. The summed E-state index contributed by atoms with van der Waals surface area (Å²) in [5.41, 5.74) is 1.32. The van der Waals surface area contributed by atoms with Gasteiger partial charge in [0, 0.05) is 18.6 Å². The molecule has 6 nitrogen and oxygen atoms in total. The van der Waals surface area contributed by atoms with E-state index in [1.807, 2.05) is 12.1 Å². The number of hydrogen-bond acceptors (Lipinski definition) is 4. The van der Waals surface area contributed by atoms with Crippen molar-refractivity contribution in [1.82, 2.24) is 4.90 Å². The molecular formula is C23H21ClN2O4S. The van der Waals surface area contributed by atoms with Crippen LogP contribution in [0, 0.1) is 0 Å². The third kappa shape index (κ3) is 4.38. The lowest BCUT2D eigenvalue weighted by Crippen LogP contribution is -2.50. The Morgan fingerprint density at radius 3 is 2.39 bits per heavy atom. The Morgan fingerprint density at radius 1 is 1.03 bits per heavy atom. The maximum absolute atomic E-state index is 13.3. The third-order valence-corrected chi connectivity index (χ3v) is 7.10. The summed E-state index contributed by atoms with van der Waals surface area (Å²) in [5, 5.41) is 0.617. The molecule has 1 amide bonds. The maximum Gasteiger partial charge on any atom is 0.265 e. The van der Waals surface area contributed by atoms with Crippen LogP contribution in [-0.2, 0) is 21.4 Å². The molecule has 0 aromatic heterocycles. The van der Waals surface area contributed by atoms with Gasteiger partial charge in [-0.05, 0) is 42.0 Å². The van der Waals surface area contributed by atoms with Crippen molar-refractivity contribution in [2.75, 3.05) is 17.9 Å². The number of halogens is 1. The van der Waals surface area contributed by atoms with Gasteiger partial charge in [-0.2, -0.15) is 0 Å². The Labute approximate surface area is 186 Å². The van der Waals surface area contributed by atoms with Crippen molar-refractivity contribution in [2.45, 2.75) is 17.5 Å². The van der Waals surface area contributed by atoms with Gasteiger partial charge in [0.1, 0.15) is 5.75 Å². The van der Waals surface area contributed by atoms with Crippen LogP contribution >= 0.6 is 11.6 Å². The smallest absolute Gasteiger partial charge is 0.265 e. The first-order chi connectivity index (χ1) is 14.9. The second-order valence-corrected chi connectivity index (χ2v) is 9.54. The normalized spacial score (nSPS) is 15.7. The van der Waals surface area contributed by atoms with Crippen molar-refractivity contribution in [2.24, 2.45) is 0 Å². The van der Waals surface area contributed by atoms with E-state index in [9.17, 15) is 13.2 Å². The third-order valence-electron chi connectivity index (χ3n) is 5.05. The average molecular weight is 457 g/mol. The zero-order valence-electron chi connectivity index (χ0n) is 16.8. The van der Waals surface area contributed by atoms with Crippen molar-refractivity contribution in [1.29, 1.82) is 0 Å². The number of anilines is 1. The van der Waals surface area contributed by atoms with E-state index in [1.54, 1.807) is 61.6 Å². The van der Waals surface area contributed by atoms with Crippen molar-refractivity contribution < 1.29 is 17.9 Å². The average Bonchev–Trinajstić information content (AvgIpc) is 2.79. The van der Waals surface area contributed by atoms with E-state index >= 15 is 0 Å². The summed E-state index contributed by atoms with van der Waals surface area (Å²) in [6.45, 7) is 0.237. The fourth-order valence-corrected chi connectivity index (χ4v) is 5.09. The fourth-order valence-electron chi connectivity index (χ4n) is 3.47. The van der Waals surface area contributed by atoms with Crippen LogP contribution in [0.4, 0.5) is 5.69 Å². The minimum Gasteiger partial charge on any atom is -0.476 e. The maximum atomic E-state index is 13.3. The second-order valence-electron chi connectivity index (χ2n) is 7.24. The molecule has 0 radical (unpaired) electrons. The number of hydrogen-bond donors (Lipinski definition) is 0. The lowest BCUT2D eigenvalue weighted by atomic mass is 10.2. The summed E-state index contributed by atoms with van der Waals surface area (Å²) in [7, 11) is -2.20. The molecule has 0 spiro atoms. The Bertz CT molecular complexity index is 1180. The van der Waals surface area contributed by atoms with E-state index in [-0.39, 0.29) is 17.3 Å². The number of benzene rings is 3. The van der Waals surface area contributed by atoms with Gasteiger partial charge in [-0.15, -0.1) is 0 Å². The molecule has 0 saturated carbocycles. The standard InChI is InChI=1S/C23H21ClN2O4S/c1-25(15-17-11-13-18(24)14-12-17)23(27)22-16-26(20-9-5-6-10-21(20)30-22)31(28,29)19-7-3-2-4-8-19/h2-14,22H,15-16H2,1H3. The first kappa shape index (κ1) is 21.2. The summed E-state index contributed by atoms with van der Waals surface area (Å²) in [6.07, 6.45) is -0.967. The number of para-hydroxylation sites is 2. The number of sulfonamides is 1. The summed E-state index contributed by atoms with van der Waals surface area (Å²) in [4.78, 5) is 14.8. The van der Waals surface area contributed by atoms with E-state index in [4.69, 9.17) is 16.3 Å². The molecule has 31 heavy (non-hydrogen) atoms.